The molecule has 74 heavy (non-hydrogen) atoms. The van der Waals surface area contributed by atoms with E-state index in [0.29, 0.717) is 64.6 Å². The van der Waals surface area contributed by atoms with Gasteiger partial charge in [0.25, 0.3) is 12.9 Å². The number of nitrogens with one attached hydrogen (secondary N) is 4. The Labute approximate surface area is 448 Å². The van der Waals surface area contributed by atoms with Crippen LogP contribution in [0.5, 0.6) is 0 Å². The number of hydrogen-bond acceptors (Lipinski definition) is 15. The molecule has 6 unspecified atom stereocenters. The zero-order valence-corrected chi connectivity index (χ0v) is 48.3. The summed E-state index contributed by atoms with van der Waals surface area (Å²) in [5.74, 6) is 0. The first-order valence-corrected chi connectivity index (χ1v) is 27.8. The summed E-state index contributed by atoms with van der Waals surface area (Å²) in [4.78, 5) is 73.9. The number of nitrogens with zero attached hydrogens (tertiary/aromatic N) is 4. The second-order valence-electron chi connectivity index (χ2n) is 20.9. The van der Waals surface area contributed by atoms with E-state index >= 15 is 0 Å². The Balaban J connectivity index is 0. The molecule has 0 saturated carbocycles. The summed E-state index contributed by atoms with van der Waals surface area (Å²) in [5.41, 5.74) is -0.290. The molecule has 20 heteroatoms. The highest BCUT2D eigenvalue weighted by molar-refractivity contribution is 5.97. The molecule has 2 heterocycles. The summed E-state index contributed by atoms with van der Waals surface area (Å²) in [6.45, 7) is 30.9. The summed E-state index contributed by atoms with van der Waals surface area (Å²) in [6.07, 6.45) is 16.9. The lowest BCUT2D eigenvalue weighted by Gasteiger charge is -2.31. The topological polar surface area (TPSA) is 229 Å². The Kier molecular flexibility index (Phi) is 47.0. The van der Waals surface area contributed by atoms with Gasteiger partial charge in [-0.25, -0.2) is 14.5 Å². The Morgan fingerprint density at radius 1 is 0.689 bits per heavy atom. The van der Waals surface area contributed by atoms with Crippen molar-refractivity contribution in [3.8, 4) is 0 Å². The number of methoxy groups -OCH3 is 1. The van der Waals surface area contributed by atoms with Gasteiger partial charge in [-0.15, -0.1) is 0 Å². The minimum absolute atomic E-state index is 0.107. The lowest BCUT2D eigenvalue weighted by molar-refractivity contribution is -0.137. The van der Waals surface area contributed by atoms with Crippen molar-refractivity contribution in [3.05, 3.63) is 0 Å². The molecule has 2 saturated heterocycles. The fourth-order valence-electron chi connectivity index (χ4n) is 7.36. The third-order valence-electron chi connectivity index (χ3n) is 12.2. The van der Waals surface area contributed by atoms with Crippen molar-refractivity contribution in [3.63, 3.8) is 0 Å². The third kappa shape index (κ3) is 44.8. The average molecular weight is 1060 g/mol. The second kappa shape index (κ2) is 47.9. The third-order valence-corrected chi connectivity index (χ3v) is 12.2. The molecule has 6 amide bonds. The number of carbonyl (C=O) groups is 6. The molecule has 0 aromatic rings. The SMILES string of the molecule is CCCCOCC(CN1CC1C)OC.CCCCOCC(CN1CC1C)OC=O.CNCCCCCCN(CCCCCCNC=O)C(=O)N(CCCCCCNC(C)(C)COC(C)(C)C)C(=O)NC=O.O=CO. The van der Waals surface area contributed by atoms with E-state index in [0.717, 1.165) is 148 Å². The minimum Gasteiger partial charge on any atom is -0.483 e. The van der Waals surface area contributed by atoms with Crippen molar-refractivity contribution in [2.75, 3.05) is 113 Å². The predicted octanol–water partition coefficient (Wildman–Crippen LogP) is 6.68. The fraction of sp³-hybridized carbons (Fsp3) is 0.889. The van der Waals surface area contributed by atoms with E-state index in [4.69, 9.17) is 33.6 Å². The lowest BCUT2D eigenvalue weighted by atomic mass is 10.1. The average Bonchev–Trinajstić information content (AvgIpc) is 4.27. The highest BCUT2D eigenvalue weighted by atomic mass is 16.6. The summed E-state index contributed by atoms with van der Waals surface area (Å²) >= 11 is 0. The second-order valence-corrected chi connectivity index (χ2v) is 20.9. The number of urea groups is 2. The van der Waals surface area contributed by atoms with Crippen LogP contribution in [0, 0.1) is 0 Å². The van der Waals surface area contributed by atoms with Gasteiger partial charge in [0.05, 0.1) is 31.5 Å². The summed E-state index contributed by atoms with van der Waals surface area (Å²) in [5, 5.41) is 18.4. The first-order valence-electron chi connectivity index (χ1n) is 27.8. The van der Waals surface area contributed by atoms with Crippen LogP contribution in [0.15, 0.2) is 0 Å². The molecule has 0 aromatic heterocycles. The number of unbranched alkanes of at least 4 members (excludes halogenated alkanes) is 11. The molecule has 2 aliphatic rings. The zero-order chi connectivity index (χ0) is 55.9. The van der Waals surface area contributed by atoms with E-state index in [-0.39, 0.29) is 42.4 Å². The predicted molar refractivity (Wildman–Crippen MR) is 293 cm³/mol. The first kappa shape index (κ1) is 72.6. The number of amides is 6. The number of hydrogen-bond donors (Lipinski definition) is 5. The highest BCUT2D eigenvalue weighted by Gasteiger charge is 2.32. The van der Waals surface area contributed by atoms with Crippen molar-refractivity contribution in [1.29, 1.82) is 0 Å². The monoisotopic (exact) mass is 1060 g/mol. The summed E-state index contributed by atoms with van der Waals surface area (Å²) in [6, 6.07) is 0.382. The Hall–Kier alpha value is -3.50. The Bertz CT molecular complexity index is 1380. The van der Waals surface area contributed by atoms with Crippen molar-refractivity contribution in [2.24, 2.45) is 0 Å². The van der Waals surface area contributed by atoms with E-state index in [1.54, 1.807) is 12.0 Å². The molecule has 0 aromatic carbocycles. The quantitative estimate of drug-likeness (QED) is 0.0244. The van der Waals surface area contributed by atoms with Gasteiger partial charge in [0, 0.05) is 90.3 Å². The van der Waals surface area contributed by atoms with E-state index < -0.39 is 6.03 Å². The van der Waals surface area contributed by atoms with Gasteiger partial charge < -0.3 is 49.6 Å². The van der Waals surface area contributed by atoms with Gasteiger partial charge >= 0.3 is 12.1 Å². The number of rotatable bonds is 43. The summed E-state index contributed by atoms with van der Waals surface area (Å²) < 4.78 is 27.2. The molecule has 2 aliphatic heterocycles. The van der Waals surface area contributed by atoms with Gasteiger partial charge in [0.15, 0.2) is 0 Å². The zero-order valence-electron chi connectivity index (χ0n) is 48.3. The van der Waals surface area contributed by atoms with Crippen molar-refractivity contribution >= 4 is 37.8 Å². The van der Waals surface area contributed by atoms with Gasteiger partial charge in [-0.05, 0) is 120 Å². The molecule has 5 N–H and O–H groups in total. The van der Waals surface area contributed by atoms with Crippen LogP contribution in [-0.2, 0) is 42.9 Å². The largest absolute Gasteiger partial charge is 0.483 e. The lowest BCUT2D eigenvalue weighted by Crippen LogP contribution is -2.50. The molecule has 0 aliphatic carbocycles. The van der Waals surface area contributed by atoms with E-state index in [9.17, 15) is 24.0 Å². The van der Waals surface area contributed by atoms with Gasteiger partial charge in [-0.3, -0.25) is 34.3 Å². The molecule has 20 nitrogen and oxygen atoms in total. The van der Waals surface area contributed by atoms with Crippen molar-refractivity contribution in [1.82, 2.24) is 40.9 Å². The smallest absolute Gasteiger partial charge is 0.331 e. The van der Waals surface area contributed by atoms with Crippen LogP contribution in [0.2, 0.25) is 0 Å². The maximum absolute atomic E-state index is 13.5. The van der Waals surface area contributed by atoms with Crippen LogP contribution in [-0.4, -0.2) is 211 Å². The fourth-order valence-corrected chi connectivity index (χ4v) is 7.36. The molecule has 0 bridgehead atoms. The molecule has 0 spiro atoms. The van der Waals surface area contributed by atoms with E-state index in [1.807, 2.05) is 7.05 Å². The normalized spacial score (nSPS) is 17.3. The van der Waals surface area contributed by atoms with E-state index in [2.05, 4.69) is 93.4 Å². The van der Waals surface area contributed by atoms with Gasteiger partial charge in [0.2, 0.25) is 12.8 Å². The van der Waals surface area contributed by atoms with Gasteiger partial charge in [0.1, 0.15) is 6.10 Å². The molecular formula is C54H108N8O12. The van der Waals surface area contributed by atoms with Crippen LogP contribution in [0.1, 0.15) is 165 Å². The number of imide groups is 2. The van der Waals surface area contributed by atoms with Gasteiger partial charge in [-0.1, -0.05) is 65.2 Å². The highest BCUT2D eigenvalue weighted by Crippen LogP contribution is 2.18. The molecular weight excluding hydrogens is 953 g/mol. The van der Waals surface area contributed by atoms with Crippen molar-refractivity contribution < 1.29 is 57.6 Å². The van der Waals surface area contributed by atoms with Crippen LogP contribution >= 0.6 is 0 Å². The van der Waals surface area contributed by atoms with E-state index in [1.165, 1.54) is 17.9 Å². The van der Waals surface area contributed by atoms with Crippen LogP contribution in [0.3, 0.4) is 0 Å². The molecule has 2 fully saturated rings. The molecule has 0 radical (unpaired) electrons. The van der Waals surface area contributed by atoms with Crippen LogP contribution < -0.4 is 21.3 Å². The minimum atomic E-state index is -0.670. The molecule has 2 rings (SSSR count). The van der Waals surface area contributed by atoms with Crippen LogP contribution in [0.25, 0.3) is 0 Å². The Morgan fingerprint density at radius 3 is 1.61 bits per heavy atom. The number of carbonyl (C=O) groups excluding carboxylic acids is 5. The number of carboxylic acid groups (broad SMARTS) is 1. The molecule has 436 valence electrons. The Morgan fingerprint density at radius 2 is 1.16 bits per heavy atom. The number of ether oxygens (including phenoxy) is 5. The van der Waals surface area contributed by atoms with Crippen molar-refractivity contribution in [2.45, 2.75) is 200 Å². The maximum Gasteiger partial charge on any atom is 0.331 e. The molecule has 6 atom stereocenters. The maximum atomic E-state index is 13.5. The standard InChI is InChI=1S/C31H62N6O5.C11H21NO3.C11H23NO2.CH2O2/c1-30(2,3)42-25-31(4,5)35-21-15-9-12-18-24-37(28(40)34-27-39)29(41)36(22-16-10-7-13-19-32-6)23-17-11-8-14-20-33-26-38;1-3-4-5-14-8-11(15-9-13)7-12-6-10(12)2;1-4-5-6-14-9-11(13-3)8-12-7-10(12)2;2-1-3/h26-27,32,35H,7-25H2,1-6H3,(H,33,38)(H,34,39,40);9-11H,3-8H2,1-2H3;10-11H,4-9H2,1-3H3;1H,(H,2,3). The van der Waals surface area contributed by atoms with Gasteiger partial charge in [-0.2, -0.15) is 0 Å². The summed E-state index contributed by atoms with van der Waals surface area (Å²) in [7, 11) is 3.71. The first-order chi connectivity index (χ1) is 35.4. The van der Waals surface area contributed by atoms with Crippen LogP contribution in [0.4, 0.5) is 9.59 Å².